The van der Waals surface area contributed by atoms with Crippen LogP contribution in [0.4, 0.5) is 0 Å². The van der Waals surface area contributed by atoms with Crippen molar-refractivity contribution in [2.45, 2.75) is 0 Å². The van der Waals surface area contributed by atoms with E-state index in [0.717, 1.165) is 5.88 Å². The first-order chi connectivity index (χ1) is 3.43. The SMILES string of the molecule is C=CN1CSN=N1. The van der Waals surface area contributed by atoms with Crippen LogP contribution in [0.25, 0.3) is 0 Å². The van der Waals surface area contributed by atoms with Gasteiger partial charge in [0.15, 0.2) is 0 Å². The van der Waals surface area contributed by atoms with Crippen molar-refractivity contribution in [2.24, 2.45) is 9.74 Å². The predicted molar refractivity (Wildman–Crippen MR) is 29.3 cm³/mol. The minimum absolute atomic E-state index is 0.809. The first-order valence-electron chi connectivity index (χ1n) is 1.85. The Morgan fingerprint density at radius 1 is 1.86 bits per heavy atom. The molecular weight excluding hydrogens is 110 g/mol. The maximum Gasteiger partial charge on any atom is 0.112 e. The fourth-order valence-corrected chi connectivity index (χ4v) is 0.745. The minimum atomic E-state index is 0.809. The summed E-state index contributed by atoms with van der Waals surface area (Å²) in [6, 6.07) is 0. The number of rotatable bonds is 1. The standard InChI is InChI=1S/C3H5N3S/c1-2-6-3-7-5-4-6/h2H,1,3H2. The quantitative estimate of drug-likeness (QED) is 0.483. The molecule has 1 aliphatic rings. The molecule has 0 atom stereocenters. The van der Waals surface area contributed by atoms with Gasteiger partial charge in [0, 0.05) is 18.1 Å². The van der Waals surface area contributed by atoms with Gasteiger partial charge in [-0.1, -0.05) is 16.3 Å². The van der Waals surface area contributed by atoms with E-state index in [9.17, 15) is 0 Å². The Kier molecular flexibility index (Phi) is 1.31. The summed E-state index contributed by atoms with van der Waals surface area (Å²) in [5, 5.41) is 5.33. The smallest absolute Gasteiger partial charge is 0.112 e. The van der Waals surface area contributed by atoms with Gasteiger partial charge in [0.2, 0.25) is 0 Å². The zero-order valence-corrected chi connectivity index (χ0v) is 4.56. The highest BCUT2D eigenvalue weighted by atomic mass is 32.2. The molecule has 0 aromatic carbocycles. The second-order valence-corrected chi connectivity index (χ2v) is 1.73. The number of hydrogen-bond acceptors (Lipinski definition) is 4. The van der Waals surface area contributed by atoms with E-state index >= 15 is 0 Å². The van der Waals surface area contributed by atoms with Crippen molar-refractivity contribution in [3.05, 3.63) is 12.8 Å². The average molecular weight is 115 g/mol. The molecule has 1 aliphatic heterocycles. The summed E-state index contributed by atoms with van der Waals surface area (Å²) in [7, 11) is 0. The van der Waals surface area contributed by atoms with Crippen LogP contribution in [0.2, 0.25) is 0 Å². The summed E-state index contributed by atoms with van der Waals surface area (Å²) in [4.78, 5) is 0. The van der Waals surface area contributed by atoms with Crippen LogP contribution in [0.1, 0.15) is 0 Å². The Morgan fingerprint density at radius 2 is 2.71 bits per heavy atom. The Hall–Kier alpha value is -0.510. The normalized spacial score (nSPS) is 18.0. The molecule has 3 nitrogen and oxygen atoms in total. The third-order valence-electron chi connectivity index (χ3n) is 0.610. The van der Waals surface area contributed by atoms with E-state index < -0.39 is 0 Å². The van der Waals surface area contributed by atoms with Gasteiger partial charge in [-0.2, -0.15) is 0 Å². The van der Waals surface area contributed by atoms with Crippen molar-refractivity contribution >= 4 is 11.9 Å². The van der Waals surface area contributed by atoms with E-state index in [1.165, 1.54) is 11.9 Å². The number of hydrogen-bond donors (Lipinski definition) is 0. The molecule has 0 N–H and O–H groups in total. The van der Waals surface area contributed by atoms with Gasteiger partial charge >= 0.3 is 0 Å². The van der Waals surface area contributed by atoms with Crippen molar-refractivity contribution in [1.29, 1.82) is 0 Å². The average Bonchev–Trinajstić information content (AvgIpc) is 2.14. The zero-order valence-electron chi connectivity index (χ0n) is 3.74. The molecule has 0 aliphatic carbocycles. The van der Waals surface area contributed by atoms with Gasteiger partial charge < -0.3 is 0 Å². The molecule has 4 heteroatoms. The monoisotopic (exact) mass is 115 g/mol. The summed E-state index contributed by atoms with van der Waals surface area (Å²) >= 11 is 1.42. The molecule has 0 radical (unpaired) electrons. The van der Waals surface area contributed by atoms with Crippen LogP contribution in [-0.2, 0) is 0 Å². The van der Waals surface area contributed by atoms with Crippen molar-refractivity contribution in [3.8, 4) is 0 Å². The van der Waals surface area contributed by atoms with Crippen molar-refractivity contribution < 1.29 is 0 Å². The third kappa shape index (κ3) is 0.928. The van der Waals surface area contributed by atoms with Gasteiger partial charge in [-0.3, -0.25) is 0 Å². The molecule has 0 aromatic heterocycles. The molecule has 38 valence electrons. The summed E-state index contributed by atoms with van der Waals surface area (Å²) in [5.41, 5.74) is 0. The lowest BCUT2D eigenvalue weighted by Gasteiger charge is -1.97. The molecule has 0 fully saturated rings. The van der Waals surface area contributed by atoms with Crippen molar-refractivity contribution in [1.82, 2.24) is 5.01 Å². The van der Waals surface area contributed by atoms with Gasteiger partial charge in [-0.25, -0.2) is 5.01 Å². The Labute approximate surface area is 46.2 Å². The largest absolute Gasteiger partial charge is 0.242 e. The highest BCUT2D eigenvalue weighted by Crippen LogP contribution is 2.14. The first-order valence-corrected chi connectivity index (χ1v) is 2.80. The lowest BCUT2D eigenvalue weighted by atomic mass is 11.0. The molecule has 0 spiro atoms. The minimum Gasteiger partial charge on any atom is -0.242 e. The summed E-state index contributed by atoms with van der Waals surface area (Å²) in [5.74, 6) is 0.809. The fraction of sp³-hybridized carbons (Fsp3) is 0.333. The van der Waals surface area contributed by atoms with Gasteiger partial charge in [0.05, 0.1) is 0 Å². The van der Waals surface area contributed by atoms with Crippen LogP contribution in [-0.4, -0.2) is 10.9 Å². The fourth-order valence-electron chi connectivity index (χ4n) is 0.273. The van der Waals surface area contributed by atoms with E-state index in [0.29, 0.717) is 0 Å². The van der Waals surface area contributed by atoms with E-state index in [4.69, 9.17) is 0 Å². The zero-order chi connectivity index (χ0) is 5.11. The topological polar surface area (TPSA) is 28.0 Å². The summed E-state index contributed by atoms with van der Waals surface area (Å²) in [6.45, 7) is 3.50. The molecular formula is C3H5N3S. The maximum absolute atomic E-state index is 3.66. The van der Waals surface area contributed by atoms with Crippen LogP contribution in [0.3, 0.4) is 0 Å². The molecule has 0 unspecified atom stereocenters. The van der Waals surface area contributed by atoms with Crippen LogP contribution >= 0.6 is 11.9 Å². The Balaban J connectivity index is 2.42. The Morgan fingerprint density at radius 3 is 3.00 bits per heavy atom. The van der Waals surface area contributed by atoms with Crippen LogP contribution in [0.5, 0.6) is 0 Å². The molecule has 0 bridgehead atoms. The number of nitrogens with zero attached hydrogens (tertiary/aromatic N) is 3. The molecule has 0 aromatic rings. The van der Waals surface area contributed by atoms with Crippen molar-refractivity contribution in [2.75, 3.05) is 5.88 Å². The molecule has 0 amide bonds. The van der Waals surface area contributed by atoms with Crippen LogP contribution < -0.4 is 0 Å². The highest BCUT2D eigenvalue weighted by Gasteiger charge is 2.00. The first kappa shape index (κ1) is 4.64. The molecule has 1 heterocycles. The maximum atomic E-state index is 3.66. The van der Waals surface area contributed by atoms with E-state index in [2.05, 4.69) is 16.3 Å². The summed E-state index contributed by atoms with van der Waals surface area (Å²) in [6.07, 6.45) is 1.64. The predicted octanol–water partition coefficient (Wildman–Crippen LogP) is 1.42. The van der Waals surface area contributed by atoms with Gasteiger partial charge in [-0.05, 0) is 0 Å². The van der Waals surface area contributed by atoms with Crippen LogP contribution in [0.15, 0.2) is 22.5 Å². The molecule has 0 saturated heterocycles. The highest BCUT2D eigenvalue weighted by molar-refractivity contribution is 7.97. The second kappa shape index (κ2) is 1.97. The Bertz CT molecular complexity index is 100. The summed E-state index contributed by atoms with van der Waals surface area (Å²) < 4.78 is 3.63. The van der Waals surface area contributed by atoms with E-state index in [1.54, 1.807) is 11.2 Å². The third-order valence-corrected chi connectivity index (χ3v) is 1.18. The molecule has 7 heavy (non-hydrogen) atoms. The van der Waals surface area contributed by atoms with E-state index in [-0.39, 0.29) is 0 Å². The van der Waals surface area contributed by atoms with Crippen LogP contribution in [0, 0.1) is 0 Å². The molecule has 1 rings (SSSR count). The van der Waals surface area contributed by atoms with Gasteiger partial charge in [0.1, 0.15) is 5.88 Å². The second-order valence-electron chi connectivity index (χ2n) is 1.05. The lowest BCUT2D eigenvalue weighted by Crippen LogP contribution is -2.00. The van der Waals surface area contributed by atoms with Gasteiger partial charge in [0.25, 0.3) is 0 Å². The van der Waals surface area contributed by atoms with E-state index in [1.807, 2.05) is 0 Å². The molecule has 0 saturated carbocycles. The lowest BCUT2D eigenvalue weighted by molar-refractivity contribution is 0.464. The van der Waals surface area contributed by atoms with Gasteiger partial charge in [-0.15, -0.1) is 0 Å². The van der Waals surface area contributed by atoms with Crippen molar-refractivity contribution in [3.63, 3.8) is 0 Å².